The van der Waals surface area contributed by atoms with Gasteiger partial charge in [-0.05, 0) is 44.9 Å². The number of ether oxygens (including phenoxy) is 2. The molecule has 0 bridgehead atoms. The van der Waals surface area contributed by atoms with Crippen LogP contribution in [0.25, 0.3) is 0 Å². The fourth-order valence-electron chi connectivity index (χ4n) is 2.37. The topological polar surface area (TPSA) is 81.9 Å². The van der Waals surface area contributed by atoms with Crippen molar-refractivity contribution in [3.63, 3.8) is 0 Å². The normalized spacial score (nSPS) is 18.9. The molecule has 4 atom stereocenters. The van der Waals surface area contributed by atoms with E-state index in [4.69, 9.17) is 15.2 Å². The van der Waals surface area contributed by atoms with Crippen molar-refractivity contribution in [2.24, 2.45) is 17.1 Å². The molecule has 0 aromatic carbocycles. The standard InChI is InChI=1S/C20H42N2O4S/c1-14(2)17(21)18(23)25-13-16(26-15(3)19(4,5)6)12-22(20(7,8)9)27(10,11)24/h14-17H,10,12-13,21H2,1-9,11H3/t15-,16-,17-,27?/m0/s1. The van der Waals surface area contributed by atoms with E-state index in [1.165, 1.54) is 0 Å². The molecular weight excluding hydrogens is 364 g/mol. The molecule has 162 valence electrons. The number of hydrogen-bond donors (Lipinski definition) is 1. The van der Waals surface area contributed by atoms with E-state index in [1.807, 2.05) is 45.8 Å². The summed E-state index contributed by atoms with van der Waals surface area (Å²) in [4.78, 5) is 12.2. The number of esters is 1. The van der Waals surface area contributed by atoms with Gasteiger partial charge in [-0.15, -0.1) is 0 Å². The van der Waals surface area contributed by atoms with Gasteiger partial charge in [0.25, 0.3) is 0 Å². The molecule has 0 saturated heterocycles. The van der Waals surface area contributed by atoms with Crippen LogP contribution in [0.5, 0.6) is 0 Å². The van der Waals surface area contributed by atoms with E-state index in [2.05, 4.69) is 26.6 Å². The first-order valence-electron chi connectivity index (χ1n) is 9.55. The summed E-state index contributed by atoms with van der Waals surface area (Å²) in [6, 6.07) is -0.673. The van der Waals surface area contributed by atoms with Crippen molar-refractivity contribution in [1.82, 2.24) is 4.31 Å². The van der Waals surface area contributed by atoms with E-state index in [-0.39, 0.29) is 29.6 Å². The quantitative estimate of drug-likeness (QED) is 0.470. The van der Waals surface area contributed by atoms with Crippen LogP contribution in [0.2, 0.25) is 0 Å². The lowest BCUT2D eigenvalue weighted by Crippen LogP contribution is -2.51. The maximum atomic E-state index is 12.7. The first kappa shape index (κ1) is 26.4. The van der Waals surface area contributed by atoms with Crippen LogP contribution in [0.1, 0.15) is 62.3 Å². The first-order chi connectivity index (χ1) is 11.9. The van der Waals surface area contributed by atoms with Gasteiger partial charge >= 0.3 is 5.97 Å². The molecule has 0 aliphatic heterocycles. The van der Waals surface area contributed by atoms with Crippen molar-refractivity contribution in [2.45, 2.75) is 86.1 Å². The number of nitrogens with zero attached hydrogens (tertiary/aromatic N) is 1. The first-order valence-corrected chi connectivity index (χ1v) is 11.6. The summed E-state index contributed by atoms with van der Waals surface area (Å²) in [6.07, 6.45) is 1.09. The predicted molar refractivity (Wildman–Crippen MR) is 115 cm³/mol. The highest BCUT2D eigenvalue weighted by atomic mass is 32.2. The summed E-state index contributed by atoms with van der Waals surface area (Å²) < 4.78 is 26.2. The molecule has 2 N–H and O–H groups in total. The Balaban J connectivity index is 5.44. The van der Waals surface area contributed by atoms with Gasteiger partial charge in [0, 0.05) is 28.0 Å². The molecule has 7 heteroatoms. The van der Waals surface area contributed by atoms with Crippen LogP contribution in [-0.2, 0) is 24.0 Å². The van der Waals surface area contributed by atoms with Crippen molar-refractivity contribution in [1.29, 1.82) is 0 Å². The monoisotopic (exact) mass is 406 g/mol. The second kappa shape index (κ2) is 9.72. The Hall–Kier alpha value is -0.630. The Bertz CT molecular complexity index is 574. The third kappa shape index (κ3) is 9.41. The summed E-state index contributed by atoms with van der Waals surface area (Å²) in [6.45, 7) is 18.3. The van der Waals surface area contributed by atoms with E-state index >= 15 is 0 Å². The molecule has 1 unspecified atom stereocenters. The van der Waals surface area contributed by atoms with Crippen molar-refractivity contribution in [3.8, 4) is 0 Å². The van der Waals surface area contributed by atoms with E-state index in [9.17, 15) is 9.00 Å². The molecule has 0 saturated carbocycles. The van der Waals surface area contributed by atoms with Gasteiger partial charge in [-0.1, -0.05) is 34.6 Å². The molecule has 0 fully saturated rings. The van der Waals surface area contributed by atoms with Gasteiger partial charge in [-0.2, -0.15) is 0 Å². The van der Waals surface area contributed by atoms with Crippen LogP contribution in [0.3, 0.4) is 0 Å². The maximum Gasteiger partial charge on any atom is 0.323 e. The van der Waals surface area contributed by atoms with E-state index in [0.717, 1.165) is 0 Å². The molecule has 0 aromatic heterocycles. The van der Waals surface area contributed by atoms with Crippen LogP contribution in [0, 0.1) is 11.3 Å². The van der Waals surface area contributed by atoms with Crippen LogP contribution in [0.4, 0.5) is 0 Å². The highest BCUT2D eigenvalue weighted by Crippen LogP contribution is 2.25. The second-order valence-corrected chi connectivity index (χ2v) is 12.2. The third-order valence-corrected chi connectivity index (χ3v) is 6.23. The number of nitrogens with two attached hydrogens (primary N) is 1. The van der Waals surface area contributed by atoms with Gasteiger partial charge in [-0.3, -0.25) is 9.00 Å². The minimum absolute atomic E-state index is 0.00865. The van der Waals surface area contributed by atoms with Crippen molar-refractivity contribution < 1.29 is 18.5 Å². The van der Waals surface area contributed by atoms with Crippen LogP contribution >= 0.6 is 0 Å². The Kier molecular flexibility index (Phi) is 9.49. The van der Waals surface area contributed by atoms with E-state index in [0.29, 0.717) is 6.54 Å². The second-order valence-electron chi connectivity index (χ2n) is 9.86. The molecule has 6 nitrogen and oxygen atoms in total. The summed E-state index contributed by atoms with van der Waals surface area (Å²) >= 11 is 0. The fraction of sp³-hybridized carbons (Fsp3) is 0.900. The smallest absolute Gasteiger partial charge is 0.323 e. The molecule has 0 aromatic rings. The molecular formula is C20H42N2O4S. The number of carbonyl (C=O) groups excluding carboxylic acids is 1. The lowest BCUT2D eigenvalue weighted by molar-refractivity contribution is -0.154. The van der Waals surface area contributed by atoms with E-state index < -0.39 is 27.8 Å². The van der Waals surface area contributed by atoms with Crippen molar-refractivity contribution in [2.75, 3.05) is 19.4 Å². The summed E-state index contributed by atoms with van der Waals surface area (Å²) in [5, 5.41) is 0. The Morgan fingerprint density at radius 2 is 1.63 bits per heavy atom. The number of hydrogen-bond acceptors (Lipinski definition) is 5. The lowest BCUT2D eigenvalue weighted by Gasteiger charge is -2.40. The van der Waals surface area contributed by atoms with Crippen LogP contribution < -0.4 is 5.73 Å². The van der Waals surface area contributed by atoms with E-state index in [1.54, 1.807) is 6.26 Å². The summed E-state index contributed by atoms with van der Waals surface area (Å²) in [5.74, 6) is 3.38. The largest absolute Gasteiger partial charge is 0.462 e. The van der Waals surface area contributed by atoms with Gasteiger partial charge in [0.15, 0.2) is 0 Å². The van der Waals surface area contributed by atoms with Gasteiger partial charge in [0.2, 0.25) is 0 Å². The zero-order chi connectivity index (χ0) is 21.8. The highest BCUT2D eigenvalue weighted by molar-refractivity contribution is 7.97. The molecule has 0 spiro atoms. The minimum Gasteiger partial charge on any atom is -0.462 e. The zero-order valence-electron chi connectivity index (χ0n) is 19.0. The zero-order valence-corrected chi connectivity index (χ0v) is 19.8. The molecule has 0 radical (unpaired) electrons. The van der Waals surface area contributed by atoms with Gasteiger partial charge in [0.1, 0.15) is 18.8 Å². The van der Waals surface area contributed by atoms with Crippen LogP contribution in [0.15, 0.2) is 0 Å². The van der Waals surface area contributed by atoms with Crippen molar-refractivity contribution in [3.05, 3.63) is 0 Å². The highest BCUT2D eigenvalue weighted by Gasteiger charge is 2.32. The third-order valence-electron chi connectivity index (χ3n) is 4.60. The van der Waals surface area contributed by atoms with Gasteiger partial charge in [-0.25, -0.2) is 4.31 Å². The van der Waals surface area contributed by atoms with Gasteiger partial charge < -0.3 is 15.2 Å². The molecule has 0 rings (SSSR count). The fourth-order valence-corrected chi connectivity index (χ4v) is 4.01. The Morgan fingerprint density at radius 3 is 1.96 bits per heavy atom. The molecule has 0 aliphatic carbocycles. The van der Waals surface area contributed by atoms with Crippen molar-refractivity contribution >= 4 is 21.5 Å². The lowest BCUT2D eigenvalue weighted by atomic mass is 9.90. The van der Waals surface area contributed by atoms with Gasteiger partial charge in [0.05, 0.1) is 6.10 Å². The molecule has 27 heavy (non-hydrogen) atoms. The minimum atomic E-state index is -2.47. The Labute approximate surface area is 167 Å². The predicted octanol–water partition coefficient (Wildman–Crippen LogP) is 2.69. The summed E-state index contributed by atoms with van der Waals surface area (Å²) in [5.41, 5.74) is 5.42. The molecule has 0 aliphatic rings. The summed E-state index contributed by atoms with van der Waals surface area (Å²) in [7, 11) is -2.47. The molecule has 0 heterocycles. The average Bonchev–Trinajstić information content (AvgIpc) is 2.44. The SMILES string of the molecule is C=S(C)(=O)N(C[C@@H](COC(=O)[C@@H](N)C(C)C)O[C@@H](C)C(C)(C)C)C(C)(C)C. The van der Waals surface area contributed by atoms with Crippen LogP contribution in [-0.4, -0.2) is 63.5 Å². The number of rotatable bonds is 9. The molecule has 0 amide bonds. The average molecular weight is 407 g/mol. The number of carbonyl (C=O) groups is 1. The maximum absolute atomic E-state index is 12.7. The Morgan fingerprint density at radius 1 is 1.15 bits per heavy atom.